The van der Waals surface area contributed by atoms with E-state index in [1.807, 2.05) is 90.4 Å². The molecule has 0 saturated heterocycles. The van der Waals surface area contributed by atoms with Crippen LogP contribution in [-0.2, 0) is 24.5 Å². The molecular formula is C24H23N3O2. The third-order valence-electron chi connectivity index (χ3n) is 4.73. The van der Waals surface area contributed by atoms with Gasteiger partial charge in [0.1, 0.15) is 24.7 Å². The Morgan fingerprint density at radius 1 is 1.00 bits per heavy atom. The van der Waals surface area contributed by atoms with Crippen LogP contribution < -0.4 is 10.1 Å². The van der Waals surface area contributed by atoms with Crippen molar-refractivity contribution in [2.45, 2.75) is 26.6 Å². The number of para-hydroxylation sites is 2. The van der Waals surface area contributed by atoms with E-state index in [1.165, 1.54) is 0 Å². The maximum atomic E-state index is 12.6. The molecule has 0 radical (unpaired) electrons. The number of rotatable bonds is 7. The zero-order chi connectivity index (χ0) is 20.1. The van der Waals surface area contributed by atoms with Crippen molar-refractivity contribution in [3.8, 4) is 5.75 Å². The highest BCUT2D eigenvalue weighted by Gasteiger charge is 2.14. The Morgan fingerprint density at radius 2 is 1.79 bits per heavy atom. The molecule has 4 rings (SSSR count). The molecule has 1 heterocycles. The molecule has 1 amide bonds. The number of carbonyl (C=O) groups excluding carboxylic acids is 1. The van der Waals surface area contributed by atoms with Gasteiger partial charge in [-0.25, -0.2) is 4.98 Å². The van der Waals surface area contributed by atoms with Crippen LogP contribution in [0.5, 0.6) is 5.75 Å². The summed E-state index contributed by atoms with van der Waals surface area (Å²) in [6.45, 7) is 3.02. The summed E-state index contributed by atoms with van der Waals surface area (Å²) in [6, 6.07) is 25.6. The molecule has 1 N–H and O–H groups in total. The Hall–Kier alpha value is -3.60. The first-order valence-corrected chi connectivity index (χ1v) is 9.63. The van der Waals surface area contributed by atoms with E-state index in [0.717, 1.165) is 33.7 Å². The molecule has 29 heavy (non-hydrogen) atoms. The molecule has 0 spiro atoms. The topological polar surface area (TPSA) is 56.2 Å². The lowest BCUT2D eigenvalue weighted by molar-refractivity contribution is -0.121. The van der Waals surface area contributed by atoms with Gasteiger partial charge < -0.3 is 14.6 Å². The fourth-order valence-electron chi connectivity index (χ4n) is 3.26. The summed E-state index contributed by atoms with van der Waals surface area (Å²) in [5.74, 6) is 1.45. The van der Waals surface area contributed by atoms with Crippen LogP contribution in [0.2, 0.25) is 0 Å². The normalized spacial score (nSPS) is 10.8. The number of aromatic nitrogens is 2. The van der Waals surface area contributed by atoms with E-state index in [0.29, 0.717) is 13.2 Å². The van der Waals surface area contributed by atoms with Gasteiger partial charge in [0.25, 0.3) is 0 Å². The second-order valence-corrected chi connectivity index (χ2v) is 6.97. The van der Waals surface area contributed by atoms with E-state index in [-0.39, 0.29) is 12.5 Å². The van der Waals surface area contributed by atoms with Crippen LogP contribution in [0.15, 0.2) is 78.9 Å². The number of hydrogen-bond acceptors (Lipinski definition) is 3. The first-order valence-electron chi connectivity index (χ1n) is 9.63. The number of imidazole rings is 1. The van der Waals surface area contributed by atoms with Gasteiger partial charge in [0, 0.05) is 6.54 Å². The fraction of sp³-hybridized carbons (Fsp3) is 0.167. The van der Waals surface area contributed by atoms with Crippen LogP contribution in [0, 0.1) is 6.92 Å². The van der Waals surface area contributed by atoms with Crippen molar-refractivity contribution in [1.82, 2.24) is 14.9 Å². The van der Waals surface area contributed by atoms with Crippen LogP contribution in [0.1, 0.15) is 17.0 Å². The van der Waals surface area contributed by atoms with Crippen LogP contribution >= 0.6 is 0 Å². The van der Waals surface area contributed by atoms with Gasteiger partial charge in [0.15, 0.2) is 0 Å². The quantitative estimate of drug-likeness (QED) is 0.518. The summed E-state index contributed by atoms with van der Waals surface area (Å²) in [6.07, 6.45) is 0. The number of nitrogens with one attached hydrogen (secondary N) is 1. The molecule has 0 bridgehead atoms. The number of carbonyl (C=O) groups is 1. The van der Waals surface area contributed by atoms with Crippen molar-refractivity contribution in [3.63, 3.8) is 0 Å². The van der Waals surface area contributed by atoms with Crippen LogP contribution in [0.25, 0.3) is 11.0 Å². The van der Waals surface area contributed by atoms with Crippen molar-refractivity contribution in [3.05, 3.63) is 95.8 Å². The standard InChI is InChI=1S/C24H23N3O2/c1-18-8-7-11-20(14-18)29-17-23-26-21-12-5-6-13-22(21)27(23)16-24(28)25-15-19-9-3-2-4-10-19/h2-14H,15-17H2,1H3,(H,25,28). The van der Waals surface area contributed by atoms with E-state index in [2.05, 4.69) is 10.3 Å². The zero-order valence-corrected chi connectivity index (χ0v) is 16.3. The van der Waals surface area contributed by atoms with E-state index < -0.39 is 0 Å². The molecule has 0 aliphatic carbocycles. The zero-order valence-electron chi connectivity index (χ0n) is 16.3. The SMILES string of the molecule is Cc1cccc(OCc2nc3ccccc3n2CC(=O)NCc2ccccc2)c1. The third-order valence-corrected chi connectivity index (χ3v) is 4.73. The number of hydrogen-bond donors (Lipinski definition) is 1. The van der Waals surface area contributed by atoms with Gasteiger partial charge in [0.05, 0.1) is 11.0 Å². The molecule has 0 aliphatic heterocycles. The maximum Gasteiger partial charge on any atom is 0.240 e. The Kier molecular flexibility index (Phi) is 5.56. The van der Waals surface area contributed by atoms with Crippen molar-refractivity contribution in [2.24, 2.45) is 0 Å². The summed E-state index contributed by atoms with van der Waals surface area (Å²) in [5, 5.41) is 2.98. The first-order chi connectivity index (χ1) is 14.2. The second kappa shape index (κ2) is 8.61. The highest BCUT2D eigenvalue weighted by molar-refractivity contribution is 5.81. The predicted molar refractivity (Wildman–Crippen MR) is 114 cm³/mol. The minimum atomic E-state index is -0.0613. The van der Waals surface area contributed by atoms with Gasteiger partial charge in [-0.2, -0.15) is 0 Å². The molecule has 0 unspecified atom stereocenters. The van der Waals surface area contributed by atoms with Gasteiger partial charge >= 0.3 is 0 Å². The fourth-order valence-corrected chi connectivity index (χ4v) is 3.26. The van der Waals surface area contributed by atoms with Gasteiger partial charge in [-0.05, 0) is 42.3 Å². The summed E-state index contributed by atoms with van der Waals surface area (Å²) in [7, 11) is 0. The highest BCUT2D eigenvalue weighted by Crippen LogP contribution is 2.19. The molecule has 5 heteroatoms. The van der Waals surface area contributed by atoms with E-state index in [1.54, 1.807) is 0 Å². The average Bonchev–Trinajstić information content (AvgIpc) is 3.09. The Labute approximate surface area is 170 Å². The Morgan fingerprint density at radius 3 is 2.62 bits per heavy atom. The van der Waals surface area contributed by atoms with Crippen LogP contribution in [0.3, 0.4) is 0 Å². The second-order valence-electron chi connectivity index (χ2n) is 6.97. The number of ether oxygens (including phenoxy) is 1. The third kappa shape index (κ3) is 4.63. The molecule has 146 valence electrons. The molecular weight excluding hydrogens is 362 g/mol. The number of amides is 1. The molecule has 5 nitrogen and oxygen atoms in total. The van der Waals surface area contributed by atoms with Crippen LogP contribution in [0.4, 0.5) is 0 Å². The van der Waals surface area contributed by atoms with Crippen LogP contribution in [-0.4, -0.2) is 15.5 Å². The van der Waals surface area contributed by atoms with E-state index in [4.69, 9.17) is 4.74 Å². The lowest BCUT2D eigenvalue weighted by Crippen LogP contribution is -2.28. The number of benzene rings is 3. The number of fused-ring (bicyclic) bond motifs is 1. The van der Waals surface area contributed by atoms with Gasteiger partial charge in [0.2, 0.25) is 5.91 Å². The smallest absolute Gasteiger partial charge is 0.240 e. The van der Waals surface area contributed by atoms with Gasteiger partial charge in [-0.15, -0.1) is 0 Å². The number of nitrogens with zero attached hydrogens (tertiary/aromatic N) is 2. The molecule has 1 aromatic heterocycles. The minimum absolute atomic E-state index is 0.0613. The van der Waals surface area contributed by atoms with Gasteiger partial charge in [-0.3, -0.25) is 4.79 Å². The summed E-state index contributed by atoms with van der Waals surface area (Å²) in [5.41, 5.74) is 3.98. The summed E-state index contributed by atoms with van der Waals surface area (Å²) >= 11 is 0. The molecule has 0 saturated carbocycles. The largest absolute Gasteiger partial charge is 0.486 e. The monoisotopic (exact) mass is 385 g/mol. The highest BCUT2D eigenvalue weighted by atomic mass is 16.5. The summed E-state index contributed by atoms with van der Waals surface area (Å²) in [4.78, 5) is 17.3. The lowest BCUT2D eigenvalue weighted by Gasteiger charge is -2.11. The number of aryl methyl sites for hydroxylation is 1. The molecule has 0 aliphatic rings. The van der Waals surface area contributed by atoms with Gasteiger partial charge in [-0.1, -0.05) is 54.6 Å². The maximum absolute atomic E-state index is 12.6. The Bertz CT molecular complexity index is 1120. The van der Waals surface area contributed by atoms with Crippen molar-refractivity contribution in [1.29, 1.82) is 0 Å². The van der Waals surface area contributed by atoms with Crippen molar-refractivity contribution < 1.29 is 9.53 Å². The average molecular weight is 385 g/mol. The summed E-state index contributed by atoms with van der Waals surface area (Å²) < 4.78 is 7.86. The predicted octanol–water partition coefficient (Wildman–Crippen LogP) is 4.24. The van der Waals surface area contributed by atoms with E-state index >= 15 is 0 Å². The first kappa shape index (κ1) is 18.7. The van der Waals surface area contributed by atoms with Crippen molar-refractivity contribution in [2.75, 3.05) is 0 Å². The Balaban J connectivity index is 1.50. The molecule has 4 aromatic rings. The molecule has 3 aromatic carbocycles. The molecule has 0 atom stereocenters. The molecule has 0 fully saturated rings. The lowest BCUT2D eigenvalue weighted by atomic mass is 10.2. The minimum Gasteiger partial charge on any atom is -0.486 e. The van der Waals surface area contributed by atoms with E-state index in [9.17, 15) is 4.79 Å². The van der Waals surface area contributed by atoms with Crippen molar-refractivity contribution >= 4 is 16.9 Å².